The molecule has 0 aliphatic heterocycles. The van der Waals surface area contributed by atoms with E-state index in [4.69, 9.17) is 0 Å². The number of hydrogen-bond acceptors (Lipinski definition) is 2. The van der Waals surface area contributed by atoms with Crippen molar-refractivity contribution in [2.75, 3.05) is 0 Å². The quantitative estimate of drug-likeness (QED) is 0.861. The summed E-state index contributed by atoms with van der Waals surface area (Å²) < 4.78 is 0. The normalized spacial score (nSPS) is 23.7. The van der Waals surface area contributed by atoms with E-state index in [0.29, 0.717) is 0 Å². The van der Waals surface area contributed by atoms with Gasteiger partial charge in [-0.3, -0.25) is 4.79 Å². The van der Waals surface area contributed by atoms with E-state index in [1.807, 2.05) is 31.2 Å². The molecule has 2 atom stereocenters. The van der Waals surface area contributed by atoms with E-state index >= 15 is 0 Å². The fraction of sp³-hybridized carbons (Fsp3) is 0.533. The average molecular weight is 247 g/mol. The summed E-state index contributed by atoms with van der Waals surface area (Å²) in [6, 6.07) is 7.57. The number of rotatable bonds is 3. The lowest BCUT2D eigenvalue weighted by Crippen LogP contribution is -2.45. The number of aryl methyl sites for hydroxylation is 1. The molecule has 3 nitrogen and oxygen atoms in total. The highest BCUT2D eigenvalue weighted by molar-refractivity contribution is 5.95. The Hall–Kier alpha value is -1.35. The van der Waals surface area contributed by atoms with Crippen LogP contribution in [-0.4, -0.2) is 23.2 Å². The molecule has 0 saturated heterocycles. The van der Waals surface area contributed by atoms with Gasteiger partial charge in [-0.15, -0.1) is 0 Å². The molecule has 0 spiro atoms. The van der Waals surface area contributed by atoms with Crippen LogP contribution in [0.5, 0.6) is 0 Å². The predicted molar refractivity (Wildman–Crippen MR) is 71.5 cm³/mol. The van der Waals surface area contributed by atoms with Crippen molar-refractivity contribution in [3.05, 3.63) is 35.4 Å². The van der Waals surface area contributed by atoms with Gasteiger partial charge in [0.25, 0.3) is 5.91 Å². The average Bonchev–Trinajstić information content (AvgIpc) is 2.41. The molecule has 18 heavy (non-hydrogen) atoms. The lowest BCUT2D eigenvalue weighted by Gasteiger charge is -2.28. The van der Waals surface area contributed by atoms with Gasteiger partial charge in [0.2, 0.25) is 0 Å². The van der Waals surface area contributed by atoms with Crippen LogP contribution in [0.15, 0.2) is 24.3 Å². The summed E-state index contributed by atoms with van der Waals surface area (Å²) in [4.78, 5) is 12.2. The zero-order valence-corrected chi connectivity index (χ0v) is 10.9. The van der Waals surface area contributed by atoms with Gasteiger partial charge in [-0.2, -0.15) is 0 Å². The number of aliphatic hydroxyl groups excluding tert-OH is 1. The third kappa shape index (κ3) is 2.91. The van der Waals surface area contributed by atoms with Crippen molar-refractivity contribution in [3.63, 3.8) is 0 Å². The minimum atomic E-state index is -0.392. The number of carbonyl (C=O) groups excluding carboxylic acids is 1. The molecule has 1 aromatic carbocycles. The van der Waals surface area contributed by atoms with Crippen LogP contribution >= 0.6 is 0 Å². The maximum Gasteiger partial charge on any atom is 0.251 e. The van der Waals surface area contributed by atoms with Gasteiger partial charge >= 0.3 is 0 Å². The second kappa shape index (κ2) is 6.01. The first-order chi connectivity index (χ1) is 8.72. The Morgan fingerprint density at radius 2 is 2.06 bits per heavy atom. The van der Waals surface area contributed by atoms with Gasteiger partial charge in [0.1, 0.15) is 0 Å². The topological polar surface area (TPSA) is 49.3 Å². The highest BCUT2D eigenvalue weighted by Gasteiger charge is 2.25. The maximum atomic E-state index is 12.2. The van der Waals surface area contributed by atoms with E-state index in [-0.39, 0.29) is 11.9 Å². The minimum Gasteiger partial charge on any atom is -0.391 e. The van der Waals surface area contributed by atoms with E-state index < -0.39 is 6.10 Å². The second-order valence-corrected chi connectivity index (χ2v) is 4.94. The molecule has 2 N–H and O–H groups in total. The van der Waals surface area contributed by atoms with Crippen LogP contribution in [0.4, 0.5) is 0 Å². The van der Waals surface area contributed by atoms with Crippen molar-refractivity contribution >= 4 is 5.91 Å². The first kappa shape index (κ1) is 13.1. The number of carbonyl (C=O) groups is 1. The van der Waals surface area contributed by atoms with Crippen LogP contribution < -0.4 is 5.32 Å². The Balaban J connectivity index is 2.07. The number of nitrogens with one attached hydrogen (secondary N) is 1. The Labute approximate surface area is 108 Å². The fourth-order valence-electron chi connectivity index (χ4n) is 2.58. The molecule has 2 rings (SSSR count). The van der Waals surface area contributed by atoms with Crippen LogP contribution in [0, 0.1) is 0 Å². The van der Waals surface area contributed by atoms with Gasteiger partial charge in [-0.25, -0.2) is 0 Å². The van der Waals surface area contributed by atoms with Gasteiger partial charge in [0, 0.05) is 5.56 Å². The molecule has 0 bridgehead atoms. The summed E-state index contributed by atoms with van der Waals surface area (Å²) in [5.74, 6) is -0.0570. The Bertz CT molecular complexity index is 417. The van der Waals surface area contributed by atoms with Crippen molar-refractivity contribution in [1.82, 2.24) is 5.32 Å². The van der Waals surface area contributed by atoms with E-state index in [9.17, 15) is 9.90 Å². The molecule has 0 radical (unpaired) electrons. The second-order valence-electron chi connectivity index (χ2n) is 4.94. The van der Waals surface area contributed by atoms with Crippen LogP contribution in [0.25, 0.3) is 0 Å². The molecule has 1 fully saturated rings. The Kier molecular flexibility index (Phi) is 4.37. The molecule has 1 aliphatic rings. The largest absolute Gasteiger partial charge is 0.391 e. The lowest BCUT2D eigenvalue weighted by molar-refractivity contribution is 0.0716. The molecular weight excluding hydrogens is 226 g/mol. The first-order valence-electron chi connectivity index (χ1n) is 6.79. The number of hydrogen-bond donors (Lipinski definition) is 2. The number of aliphatic hydroxyl groups is 1. The highest BCUT2D eigenvalue weighted by Crippen LogP contribution is 2.19. The van der Waals surface area contributed by atoms with Gasteiger partial charge in [0.05, 0.1) is 12.1 Å². The minimum absolute atomic E-state index is 0.0570. The summed E-state index contributed by atoms with van der Waals surface area (Å²) in [7, 11) is 0. The smallest absolute Gasteiger partial charge is 0.251 e. The van der Waals surface area contributed by atoms with Crippen molar-refractivity contribution in [2.45, 2.75) is 51.2 Å². The third-order valence-corrected chi connectivity index (χ3v) is 3.69. The number of benzene rings is 1. The van der Waals surface area contributed by atoms with Gasteiger partial charge < -0.3 is 10.4 Å². The summed E-state index contributed by atoms with van der Waals surface area (Å²) >= 11 is 0. The van der Waals surface area contributed by atoms with E-state index in [1.54, 1.807) is 0 Å². The van der Waals surface area contributed by atoms with E-state index in [2.05, 4.69) is 5.32 Å². The molecular formula is C15H21NO2. The van der Waals surface area contributed by atoms with Gasteiger partial charge in [-0.05, 0) is 30.9 Å². The van der Waals surface area contributed by atoms with Crippen LogP contribution in [0.3, 0.4) is 0 Å². The molecule has 1 amide bonds. The molecule has 1 saturated carbocycles. The standard InChI is InChI=1S/C15H21NO2/c1-2-11-7-3-4-8-12(11)15(18)16-13-9-5-6-10-14(13)17/h3-4,7-8,13-14,17H,2,5-6,9-10H2,1H3,(H,16,18)/t13-,14-/m1/s1. The first-order valence-corrected chi connectivity index (χ1v) is 6.79. The molecule has 98 valence electrons. The molecule has 3 heteroatoms. The maximum absolute atomic E-state index is 12.2. The Morgan fingerprint density at radius 1 is 1.33 bits per heavy atom. The molecule has 1 aromatic rings. The van der Waals surface area contributed by atoms with Crippen molar-refractivity contribution in [3.8, 4) is 0 Å². The lowest BCUT2D eigenvalue weighted by atomic mass is 9.92. The fourth-order valence-corrected chi connectivity index (χ4v) is 2.58. The highest BCUT2D eigenvalue weighted by atomic mass is 16.3. The summed E-state index contributed by atoms with van der Waals surface area (Å²) in [6.07, 6.45) is 4.26. The summed E-state index contributed by atoms with van der Waals surface area (Å²) in [5.41, 5.74) is 1.79. The van der Waals surface area contributed by atoms with Crippen LogP contribution in [-0.2, 0) is 6.42 Å². The van der Waals surface area contributed by atoms with Crippen LogP contribution in [0.2, 0.25) is 0 Å². The van der Waals surface area contributed by atoms with Crippen molar-refractivity contribution in [1.29, 1.82) is 0 Å². The molecule has 1 aliphatic carbocycles. The Morgan fingerprint density at radius 3 is 2.78 bits per heavy atom. The monoisotopic (exact) mass is 247 g/mol. The third-order valence-electron chi connectivity index (χ3n) is 3.69. The predicted octanol–water partition coefficient (Wildman–Crippen LogP) is 2.28. The summed E-state index contributed by atoms with van der Waals surface area (Å²) in [6.45, 7) is 2.04. The zero-order valence-electron chi connectivity index (χ0n) is 10.9. The van der Waals surface area contributed by atoms with E-state index in [1.165, 1.54) is 0 Å². The van der Waals surface area contributed by atoms with E-state index in [0.717, 1.165) is 43.2 Å². The van der Waals surface area contributed by atoms with Gasteiger partial charge in [0.15, 0.2) is 0 Å². The summed E-state index contributed by atoms with van der Waals surface area (Å²) in [5, 5.41) is 12.8. The molecule has 0 unspecified atom stereocenters. The number of amides is 1. The zero-order chi connectivity index (χ0) is 13.0. The van der Waals surface area contributed by atoms with Crippen LogP contribution in [0.1, 0.15) is 48.5 Å². The van der Waals surface area contributed by atoms with Crippen molar-refractivity contribution in [2.24, 2.45) is 0 Å². The van der Waals surface area contributed by atoms with Gasteiger partial charge in [-0.1, -0.05) is 38.0 Å². The van der Waals surface area contributed by atoms with Crippen molar-refractivity contribution < 1.29 is 9.90 Å². The SMILES string of the molecule is CCc1ccccc1C(=O)N[C@@H]1CCCC[C@H]1O. The molecule has 0 aromatic heterocycles. The molecule has 0 heterocycles.